The first-order valence-corrected chi connectivity index (χ1v) is 18.0. The molecule has 0 atom stereocenters. The maximum absolute atomic E-state index is 9.32. The summed E-state index contributed by atoms with van der Waals surface area (Å²) in [5, 5.41) is 1.85. The van der Waals surface area contributed by atoms with E-state index in [2.05, 4.69) is 43.9 Å². The Bertz CT molecular complexity index is 3690. The first-order valence-electron chi connectivity index (χ1n) is 24.5. The molecule has 0 fully saturated rings. The minimum atomic E-state index is -0.781. The number of fused-ring (bicyclic) bond motifs is 4. The van der Waals surface area contributed by atoms with Gasteiger partial charge < -0.3 is 9.30 Å². The molecular formula is C51H37N5OPt+2. The molecule has 0 saturated carbocycles. The molecule has 9 aromatic rings. The Hall–Kier alpha value is -6.71. The summed E-state index contributed by atoms with van der Waals surface area (Å²) in [6.07, 6.45) is 5.30. The van der Waals surface area contributed by atoms with Crippen molar-refractivity contribution in [2.24, 2.45) is 0 Å². The van der Waals surface area contributed by atoms with Gasteiger partial charge in [0.1, 0.15) is 11.5 Å². The third-order valence-electron chi connectivity index (χ3n) is 9.64. The van der Waals surface area contributed by atoms with E-state index >= 15 is 0 Å². The van der Waals surface area contributed by atoms with Gasteiger partial charge >= 0.3 is 27.1 Å². The van der Waals surface area contributed by atoms with E-state index in [1.807, 2.05) is 28.8 Å². The van der Waals surface area contributed by atoms with Crippen molar-refractivity contribution in [1.29, 1.82) is 0 Å². The third-order valence-corrected chi connectivity index (χ3v) is 9.64. The summed E-state index contributed by atoms with van der Waals surface area (Å²) in [6.45, 7) is 6.41. The molecule has 10 rings (SSSR count). The van der Waals surface area contributed by atoms with Crippen LogP contribution in [-0.2, 0) is 26.5 Å². The maximum atomic E-state index is 9.32. The van der Waals surface area contributed by atoms with Gasteiger partial charge in [0.25, 0.3) is 11.4 Å². The van der Waals surface area contributed by atoms with E-state index in [4.69, 9.17) is 24.8 Å². The predicted molar refractivity (Wildman–Crippen MR) is 231 cm³/mol. The Morgan fingerprint density at radius 3 is 2.09 bits per heavy atom. The summed E-state index contributed by atoms with van der Waals surface area (Å²) in [4.78, 5) is 9.16. The summed E-state index contributed by atoms with van der Waals surface area (Å²) in [7, 11) is 0. The smallest absolute Gasteiger partial charge is 0.509 e. The van der Waals surface area contributed by atoms with E-state index in [1.165, 1.54) is 4.58 Å². The van der Waals surface area contributed by atoms with E-state index in [9.17, 15) is 2.74 Å². The first-order chi connectivity index (χ1) is 33.3. The number of aromatic nitrogens is 3. The van der Waals surface area contributed by atoms with Crippen LogP contribution in [-0.4, -0.2) is 20.5 Å². The second-order valence-electron chi connectivity index (χ2n) is 14.2. The Morgan fingerprint density at radius 2 is 1.38 bits per heavy atom. The molecule has 0 radical (unpaired) electrons. The zero-order valence-corrected chi connectivity index (χ0v) is 33.4. The summed E-state index contributed by atoms with van der Waals surface area (Å²) >= 11 is 0. The predicted octanol–water partition coefficient (Wildman–Crippen LogP) is 12.5. The van der Waals surface area contributed by atoms with Crippen LogP contribution in [0.5, 0.6) is 11.5 Å². The van der Waals surface area contributed by atoms with Gasteiger partial charge in [0.2, 0.25) is 5.69 Å². The van der Waals surface area contributed by atoms with Crippen LogP contribution in [0.2, 0.25) is 0 Å². The number of pyridine rings is 2. The SMILES string of the molecule is [2H]c1c([2H])c([2H])c(-c2c([2H])c([2H])c([2H])c(-c3c([2H])c([2H])c([2H])c([2H])c3[2H])c2[N+]2=C=[N+](c3[c-]c(Oc4[c-]c5c(cc4)c4ccncc4n5-c4cc(C(C)(C)C)ccn4)ccc3)c3ccccc32)c([2H])c1[2H].[Pt+2]. The second-order valence-corrected chi connectivity index (χ2v) is 14.2. The Morgan fingerprint density at radius 1 is 0.690 bits per heavy atom. The van der Waals surface area contributed by atoms with Crippen LogP contribution in [0.4, 0.5) is 22.7 Å². The van der Waals surface area contributed by atoms with Crippen molar-refractivity contribution >= 4 is 50.6 Å². The largest absolute Gasteiger partial charge is 2.00 e. The van der Waals surface area contributed by atoms with Gasteiger partial charge in [-0.15, -0.1) is 23.6 Å². The molecule has 0 aliphatic carbocycles. The molecule has 3 aromatic heterocycles. The molecule has 58 heavy (non-hydrogen) atoms. The van der Waals surface area contributed by atoms with Crippen LogP contribution in [0.25, 0.3) is 49.9 Å². The summed E-state index contributed by atoms with van der Waals surface area (Å²) in [5.41, 5.74) is 1.44. The van der Waals surface area contributed by atoms with Crippen molar-refractivity contribution in [3.63, 3.8) is 0 Å². The molecule has 0 bridgehead atoms. The fourth-order valence-electron chi connectivity index (χ4n) is 6.96. The van der Waals surface area contributed by atoms with Gasteiger partial charge in [0.05, 0.1) is 40.7 Å². The van der Waals surface area contributed by atoms with Crippen molar-refractivity contribution in [2.45, 2.75) is 26.2 Å². The summed E-state index contributed by atoms with van der Waals surface area (Å²) < 4.78 is 126. The van der Waals surface area contributed by atoms with Gasteiger partial charge in [-0.25, -0.2) is 4.98 Å². The molecule has 0 saturated heterocycles. The molecule has 1 aliphatic heterocycles. The average molecular weight is 944 g/mol. The molecule has 0 spiro atoms. The van der Waals surface area contributed by atoms with E-state index in [1.54, 1.807) is 71.7 Å². The van der Waals surface area contributed by atoms with Gasteiger partial charge in [-0.1, -0.05) is 122 Å². The average Bonchev–Trinajstić information content (AvgIpc) is 3.90. The quantitative estimate of drug-likeness (QED) is 0.118. The van der Waals surface area contributed by atoms with Crippen molar-refractivity contribution < 1.29 is 43.6 Å². The fourth-order valence-corrected chi connectivity index (χ4v) is 6.96. The Balaban J connectivity index is 0.00000624. The third kappa shape index (κ3) is 6.57. The first kappa shape index (κ1) is 24.8. The molecular weight excluding hydrogens is 894 g/mol. The van der Waals surface area contributed by atoms with E-state index in [-0.39, 0.29) is 37.9 Å². The van der Waals surface area contributed by atoms with Crippen LogP contribution < -0.4 is 13.9 Å². The number of nitrogens with zero attached hydrogens (tertiary/aromatic N) is 5. The van der Waals surface area contributed by atoms with Crippen LogP contribution in [0.15, 0.2) is 170 Å². The van der Waals surface area contributed by atoms with Gasteiger partial charge in [-0.2, -0.15) is 12.1 Å². The van der Waals surface area contributed by atoms with E-state index in [0.29, 0.717) is 34.1 Å². The molecule has 1 aliphatic rings. The molecule has 0 N–H and O–H groups in total. The number of hydrogen-bond donors (Lipinski definition) is 0. The molecule has 6 aromatic carbocycles. The minimum absolute atomic E-state index is 0. The fraction of sp³-hybridized carbons (Fsp3) is 0.0784. The molecule has 4 heterocycles. The number of ether oxygens (including phenoxy) is 1. The topological polar surface area (TPSA) is 46.0 Å². The van der Waals surface area contributed by atoms with Crippen molar-refractivity contribution in [3.05, 3.63) is 188 Å². The number of benzene rings is 6. The van der Waals surface area contributed by atoms with Crippen LogP contribution in [0.1, 0.15) is 44.2 Å². The van der Waals surface area contributed by atoms with Crippen LogP contribution in [0, 0.1) is 12.1 Å². The monoisotopic (exact) mass is 943 g/mol. The zero-order chi connectivity index (χ0) is 49.8. The maximum Gasteiger partial charge on any atom is 2.00 e. The second kappa shape index (κ2) is 15.0. The summed E-state index contributed by atoms with van der Waals surface area (Å²) in [5.74, 6) is 1.31. The Labute approximate surface area is 370 Å². The number of para-hydroxylation sites is 3. The number of rotatable bonds is 7. The molecule has 7 heteroatoms. The number of hydrogen-bond acceptors (Lipinski definition) is 3. The van der Waals surface area contributed by atoms with Gasteiger partial charge in [-0.05, 0) is 62.4 Å². The van der Waals surface area contributed by atoms with Crippen LogP contribution >= 0.6 is 0 Å². The van der Waals surface area contributed by atoms with Gasteiger partial charge in [0.15, 0.2) is 0 Å². The molecule has 0 unspecified atom stereocenters. The standard InChI is InChI=1S/C51H37N5O.Pt/c1-51(2,3)37-26-29-53-49(30-37)56-47-32-40(24-25-43(47)44-27-28-52-33-48(44)56)57-39-19-12-18-38(31-39)54-34-55(46-23-11-10-22-45(46)54)50-41(35-14-6-4-7-15-35)20-13-21-42(50)36-16-8-5-9-17-36;/h4-30,33H,1-3H3;/q;+2/i4D,5D,6D,7D,8D,9D,13D,14D,15D,16D,17D,20D,21D;. The normalized spacial score (nSPS) is 15.3. The van der Waals surface area contributed by atoms with Gasteiger partial charge in [-0.3, -0.25) is 4.98 Å². The van der Waals surface area contributed by atoms with Gasteiger partial charge in [0, 0.05) is 36.0 Å². The van der Waals surface area contributed by atoms with Crippen molar-refractivity contribution in [1.82, 2.24) is 23.7 Å². The van der Waals surface area contributed by atoms with Crippen LogP contribution in [0.3, 0.4) is 0 Å². The van der Waals surface area contributed by atoms with Crippen molar-refractivity contribution in [3.8, 4) is 39.6 Å². The molecule has 6 nitrogen and oxygen atoms in total. The minimum Gasteiger partial charge on any atom is -0.509 e. The van der Waals surface area contributed by atoms with Crippen molar-refractivity contribution in [2.75, 3.05) is 0 Å². The molecule has 0 amide bonds. The zero-order valence-electron chi connectivity index (χ0n) is 44.1. The summed E-state index contributed by atoms with van der Waals surface area (Å²) in [6, 6.07) is 22.2. The van der Waals surface area contributed by atoms with E-state index < -0.39 is 101 Å². The Kier molecular flexibility index (Phi) is 6.41. The van der Waals surface area contributed by atoms with E-state index in [0.717, 1.165) is 21.9 Å². The molecule has 280 valence electrons.